The van der Waals surface area contributed by atoms with Crippen molar-refractivity contribution in [2.75, 3.05) is 12.8 Å². The van der Waals surface area contributed by atoms with Crippen LogP contribution >= 0.6 is 11.8 Å². The molecule has 2 N–H and O–H groups in total. The predicted octanol–water partition coefficient (Wildman–Crippen LogP) is 3.39. The second-order valence-corrected chi connectivity index (χ2v) is 7.17. The number of carbonyl (C=O) groups excluding carboxylic acids is 1. The summed E-state index contributed by atoms with van der Waals surface area (Å²) in [4.78, 5) is 13.4. The maximum absolute atomic E-state index is 12.4. The number of thioether (sulfide) groups is 1. The molecule has 1 aliphatic rings. The third-order valence-electron chi connectivity index (χ3n) is 4.33. The van der Waals surface area contributed by atoms with Crippen LogP contribution in [0.15, 0.2) is 23.1 Å². The average Bonchev–Trinajstić information content (AvgIpc) is 2.45. The van der Waals surface area contributed by atoms with E-state index >= 15 is 0 Å². The molecule has 0 spiro atoms. The van der Waals surface area contributed by atoms with E-state index in [1.807, 2.05) is 31.4 Å². The molecular formula is C17H25NO2S. The second kappa shape index (κ2) is 6.84. The van der Waals surface area contributed by atoms with E-state index in [1.54, 1.807) is 11.8 Å². The molecule has 21 heavy (non-hydrogen) atoms. The summed E-state index contributed by atoms with van der Waals surface area (Å²) in [6.07, 6.45) is 5.76. The molecule has 0 heterocycles. The summed E-state index contributed by atoms with van der Waals surface area (Å²) >= 11 is 1.63. The molecular weight excluding hydrogens is 282 g/mol. The van der Waals surface area contributed by atoms with Gasteiger partial charge < -0.3 is 10.4 Å². The Morgan fingerprint density at radius 2 is 2.29 bits per heavy atom. The first-order chi connectivity index (χ1) is 9.93. The van der Waals surface area contributed by atoms with Crippen molar-refractivity contribution >= 4 is 17.7 Å². The number of nitrogens with one attached hydrogen (secondary N) is 1. The van der Waals surface area contributed by atoms with Crippen LogP contribution in [0.25, 0.3) is 0 Å². The first-order valence-corrected chi connectivity index (χ1v) is 8.81. The van der Waals surface area contributed by atoms with Crippen LogP contribution in [-0.2, 0) is 0 Å². The number of benzene rings is 1. The van der Waals surface area contributed by atoms with Gasteiger partial charge in [-0.15, -0.1) is 11.8 Å². The summed E-state index contributed by atoms with van der Waals surface area (Å²) in [6, 6.07) is 5.91. The number of hydrogen-bond donors (Lipinski definition) is 2. The van der Waals surface area contributed by atoms with E-state index in [9.17, 15) is 9.90 Å². The lowest BCUT2D eigenvalue weighted by atomic mass is 9.79. The summed E-state index contributed by atoms with van der Waals surface area (Å²) in [5.41, 5.74) is 0.932. The SMILES string of the molecule is CSc1ccc(C)c(C(=O)NCC2(O)CCCC(C)C2)c1. The van der Waals surface area contributed by atoms with Crippen molar-refractivity contribution in [1.82, 2.24) is 5.32 Å². The molecule has 2 unspecified atom stereocenters. The lowest BCUT2D eigenvalue weighted by molar-refractivity contribution is -0.0109. The van der Waals surface area contributed by atoms with Gasteiger partial charge >= 0.3 is 0 Å². The van der Waals surface area contributed by atoms with Gasteiger partial charge in [-0.2, -0.15) is 0 Å². The molecule has 0 bridgehead atoms. The van der Waals surface area contributed by atoms with Crippen molar-refractivity contribution in [2.45, 2.75) is 50.0 Å². The molecule has 0 saturated heterocycles. The minimum Gasteiger partial charge on any atom is -0.388 e. The molecule has 1 saturated carbocycles. The van der Waals surface area contributed by atoms with Gasteiger partial charge in [0, 0.05) is 17.0 Å². The Morgan fingerprint density at radius 3 is 2.95 bits per heavy atom. The molecule has 0 radical (unpaired) electrons. The average molecular weight is 307 g/mol. The smallest absolute Gasteiger partial charge is 0.251 e. The molecule has 2 atom stereocenters. The Morgan fingerprint density at radius 1 is 1.52 bits per heavy atom. The Hall–Kier alpha value is -1.00. The van der Waals surface area contributed by atoms with Gasteiger partial charge in [-0.3, -0.25) is 4.79 Å². The second-order valence-electron chi connectivity index (χ2n) is 6.29. The lowest BCUT2D eigenvalue weighted by Gasteiger charge is -2.35. The summed E-state index contributed by atoms with van der Waals surface area (Å²) < 4.78 is 0. The third-order valence-corrected chi connectivity index (χ3v) is 5.06. The van der Waals surface area contributed by atoms with Crippen molar-refractivity contribution in [3.05, 3.63) is 29.3 Å². The highest BCUT2D eigenvalue weighted by Gasteiger charge is 2.33. The largest absolute Gasteiger partial charge is 0.388 e. The minimum absolute atomic E-state index is 0.0879. The maximum atomic E-state index is 12.4. The molecule has 2 rings (SSSR count). The van der Waals surface area contributed by atoms with Gasteiger partial charge in [0.1, 0.15) is 0 Å². The Balaban J connectivity index is 2.01. The van der Waals surface area contributed by atoms with E-state index in [4.69, 9.17) is 0 Å². The first-order valence-electron chi connectivity index (χ1n) is 7.59. The van der Waals surface area contributed by atoms with Gasteiger partial charge in [-0.1, -0.05) is 25.8 Å². The molecule has 1 aromatic carbocycles. The van der Waals surface area contributed by atoms with E-state index < -0.39 is 5.60 Å². The molecule has 0 aromatic heterocycles. The number of amides is 1. The van der Waals surface area contributed by atoms with E-state index in [0.717, 1.165) is 29.7 Å². The fourth-order valence-corrected chi connectivity index (χ4v) is 3.55. The highest BCUT2D eigenvalue weighted by atomic mass is 32.2. The molecule has 1 fully saturated rings. The van der Waals surface area contributed by atoms with Crippen molar-refractivity contribution < 1.29 is 9.90 Å². The van der Waals surface area contributed by atoms with Crippen molar-refractivity contribution in [3.63, 3.8) is 0 Å². The predicted molar refractivity (Wildman–Crippen MR) is 87.9 cm³/mol. The van der Waals surface area contributed by atoms with E-state index in [1.165, 1.54) is 6.42 Å². The zero-order valence-corrected chi connectivity index (χ0v) is 13.9. The number of hydrogen-bond acceptors (Lipinski definition) is 3. The fraction of sp³-hybridized carbons (Fsp3) is 0.588. The molecule has 4 heteroatoms. The number of aryl methyl sites for hydroxylation is 1. The number of carbonyl (C=O) groups is 1. The quantitative estimate of drug-likeness (QED) is 0.838. The monoisotopic (exact) mass is 307 g/mol. The Bertz CT molecular complexity index is 518. The zero-order valence-electron chi connectivity index (χ0n) is 13.1. The van der Waals surface area contributed by atoms with Gasteiger partial charge in [0.2, 0.25) is 0 Å². The minimum atomic E-state index is -0.738. The number of aliphatic hydroxyl groups is 1. The molecule has 1 aromatic rings. The van der Waals surface area contributed by atoms with Crippen LogP contribution in [0, 0.1) is 12.8 Å². The van der Waals surface area contributed by atoms with Crippen LogP contribution < -0.4 is 5.32 Å². The summed E-state index contributed by atoms with van der Waals surface area (Å²) in [5, 5.41) is 13.5. The standard InChI is InChI=1S/C17H25NO2S/c1-12-5-4-8-17(20,10-12)11-18-16(19)15-9-14(21-3)7-6-13(15)2/h6-7,9,12,20H,4-5,8,10-11H2,1-3H3,(H,18,19). The summed E-state index contributed by atoms with van der Waals surface area (Å²) in [5.74, 6) is 0.442. The highest BCUT2D eigenvalue weighted by Crippen LogP contribution is 2.31. The topological polar surface area (TPSA) is 49.3 Å². The van der Waals surface area contributed by atoms with E-state index in [2.05, 4.69) is 12.2 Å². The van der Waals surface area contributed by atoms with Crippen LogP contribution in [0.1, 0.15) is 48.5 Å². The summed E-state index contributed by atoms with van der Waals surface area (Å²) in [6.45, 7) is 4.45. The zero-order chi connectivity index (χ0) is 15.5. The van der Waals surface area contributed by atoms with Gasteiger partial charge in [0.25, 0.3) is 5.91 Å². The van der Waals surface area contributed by atoms with Crippen LogP contribution in [-0.4, -0.2) is 29.4 Å². The van der Waals surface area contributed by atoms with Gasteiger partial charge in [0.05, 0.1) is 5.60 Å². The highest BCUT2D eigenvalue weighted by molar-refractivity contribution is 7.98. The van der Waals surface area contributed by atoms with Crippen LogP contribution in [0.3, 0.4) is 0 Å². The molecule has 1 amide bonds. The van der Waals surface area contributed by atoms with Crippen molar-refractivity contribution in [1.29, 1.82) is 0 Å². The number of rotatable bonds is 4. The molecule has 1 aliphatic carbocycles. The van der Waals surface area contributed by atoms with Crippen LogP contribution in [0.4, 0.5) is 0 Å². The van der Waals surface area contributed by atoms with Gasteiger partial charge in [-0.25, -0.2) is 0 Å². The van der Waals surface area contributed by atoms with Gasteiger partial charge in [0.15, 0.2) is 0 Å². The molecule has 3 nitrogen and oxygen atoms in total. The molecule has 116 valence electrons. The van der Waals surface area contributed by atoms with E-state index in [-0.39, 0.29) is 5.91 Å². The van der Waals surface area contributed by atoms with Crippen LogP contribution in [0.5, 0.6) is 0 Å². The summed E-state index contributed by atoms with van der Waals surface area (Å²) in [7, 11) is 0. The lowest BCUT2D eigenvalue weighted by Crippen LogP contribution is -2.45. The maximum Gasteiger partial charge on any atom is 0.251 e. The third kappa shape index (κ3) is 4.24. The Kier molecular flexibility index (Phi) is 5.33. The van der Waals surface area contributed by atoms with Gasteiger partial charge in [-0.05, 0) is 49.6 Å². The normalized spacial score (nSPS) is 25.6. The Labute approximate surface area is 131 Å². The van der Waals surface area contributed by atoms with Crippen molar-refractivity contribution in [2.24, 2.45) is 5.92 Å². The van der Waals surface area contributed by atoms with Crippen molar-refractivity contribution in [3.8, 4) is 0 Å². The van der Waals surface area contributed by atoms with E-state index in [0.29, 0.717) is 18.0 Å². The fourth-order valence-electron chi connectivity index (χ4n) is 3.11. The van der Waals surface area contributed by atoms with Crippen LogP contribution in [0.2, 0.25) is 0 Å². The first kappa shape index (κ1) is 16.4. The molecule has 0 aliphatic heterocycles.